The van der Waals surface area contributed by atoms with Crippen molar-refractivity contribution < 1.29 is 23.9 Å². The molecule has 0 aromatic heterocycles. The van der Waals surface area contributed by atoms with Crippen LogP contribution in [-0.4, -0.2) is 48.2 Å². The third-order valence-corrected chi connectivity index (χ3v) is 4.07. The number of benzene rings is 1. The summed E-state index contributed by atoms with van der Waals surface area (Å²) in [5, 5.41) is 2.58. The molecule has 0 aliphatic carbocycles. The molecule has 1 aromatic carbocycles. The van der Waals surface area contributed by atoms with E-state index < -0.39 is 17.7 Å². The minimum absolute atomic E-state index is 0.131. The number of carbonyl (C=O) groups excluding carboxylic acids is 3. The number of ether oxygens (including phenoxy) is 2. The summed E-state index contributed by atoms with van der Waals surface area (Å²) in [6.45, 7) is 6.58. The molecule has 0 radical (unpaired) electrons. The topological polar surface area (TPSA) is 84.9 Å². The standard InChI is InChI=1S/C20H28N2O5/c1-20(2,3)27-19(25)21-11-6-9-18(24)26-14-17(23)22-12-10-15-7-4-5-8-16(15)13-22/h4-5,7-8H,6,9-14H2,1-3H3,(H,21,25). The third-order valence-electron chi connectivity index (χ3n) is 4.07. The first-order valence-corrected chi connectivity index (χ1v) is 9.21. The van der Waals surface area contributed by atoms with Gasteiger partial charge in [-0.05, 0) is 44.7 Å². The van der Waals surface area contributed by atoms with Crippen LogP contribution in [0.3, 0.4) is 0 Å². The molecule has 7 nitrogen and oxygen atoms in total. The molecule has 0 fully saturated rings. The number of amides is 2. The second-order valence-electron chi connectivity index (χ2n) is 7.53. The molecule has 1 heterocycles. The highest BCUT2D eigenvalue weighted by molar-refractivity contribution is 5.81. The number of hydrogen-bond acceptors (Lipinski definition) is 5. The van der Waals surface area contributed by atoms with Gasteiger partial charge in [0.2, 0.25) is 0 Å². The smallest absolute Gasteiger partial charge is 0.407 e. The summed E-state index contributed by atoms with van der Waals surface area (Å²) in [6, 6.07) is 8.04. The lowest BCUT2D eigenvalue weighted by atomic mass is 10.00. The van der Waals surface area contributed by atoms with E-state index in [0.29, 0.717) is 26.1 Å². The Labute approximate surface area is 160 Å². The van der Waals surface area contributed by atoms with Gasteiger partial charge in [-0.25, -0.2) is 4.79 Å². The van der Waals surface area contributed by atoms with Crippen LogP contribution in [0.1, 0.15) is 44.7 Å². The van der Waals surface area contributed by atoms with Crippen LogP contribution in [0.2, 0.25) is 0 Å². The number of rotatable bonds is 6. The molecule has 1 aromatic rings. The minimum atomic E-state index is -0.557. The Morgan fingerprint density at radius 1 is 1.15 bits per heavy atom. The van der Waals surface area contributed by atoms with E-state index in [0.717, 1.165) is 12.0 Å². The molecular formula is C20H28N2O5. The van der Waals surface area contributed by atoms with Gasteiger partial charge in [0.05, 0.1) is 0 Å². The molecule has 2 rings (SSSR count). The fourth-order valence-corrected chi connectivity index (χ4v) is 2.75. The molecule has 1 aliphatic rings. The summed E-state index contributed by atoms with van der Waals surface area (Å²) in [5.74, 6) is -0.642. The Morgan fingerprint density at radius 2 is 1.85 bits per heavy atom. The lowest BCUT2D eigenvalue weighted by Crippen LogP contribution is -2.38. The quantitative estimate of drug-likeness (QED) is 0.609. The maximum absolute atomic E-state index is 12.2. The first-order chi connectivity index (χ1) is 12.7. The van der Waals surface area contributed by atoms with Crippen molar-refractivity contribution in [3.8, 4) is 0 Å². The largest absolute Gasteiger partial charge is 0.456 e. The molecular weight excluding hydrogens is 348 g/mol. The zero-order valence-electron chi connectivity index (χ0n) is 16.2. The van der Waals surface area contributed by atoms with Gasteiger partial charge in [0.1, 0.15) is 5.60 Å². The van der Waals surface area contributed by atoms with Gasteiger partial charge in [-0.15, -0.1) is 0 Å². The van der Waals surface area contributed by atoms with Gasteiger partial charge in [-0.2, -0.15) is 0 Å². The van der Waals surface area contributed by atoms with Crippen molar-refractivity contribution in [3.63, 3.8) is 0 Å². The van der Waals surface area contributed by atoms with Crippen molar-refractivity contribution in [2.24, 2.45) is 0 Å². The van der Waals surface area contributed by atoms with Gasteiger partial charge in [0.25, 0.3) is 5.91 Å². The van der Waals surface area contributed by atoms with Gasteiger partial charge in [0, 0.05) is 26.1 Å². The Morgan fingerprint density at radius 3 is 2.56 bits per heavy atom. The molecule has 27 heavy (non-hydrogen) atoms. The molecule has 2 amide bonds. The van der Waals surface area contributed by atoms with Crippen LogP contribution in [0.4, 0.5) is 4.79 Å². The van der Waals surface area contributed by atoms with Crippen molar-refractivity contribution in [3.05, 3.63) is 35.4 Å². The van der Waals surface area contributed by atoms with E-state index in [1.807, 2.05) is 18.2 Å². The predicted octanol–water partition coefficient (Wildman–Crippen LogP) is 2.42. The lowest BCUT2D eigenvalue weighted by Gasteiger charge is -2.28. The van der Waals surface area contributed by atoms with Crippen LogP contribution in [0.25, 0.3) is 0 Å². The average Bonchev–Trinajstić information content (AvgIpc) is 2.61. The van der Waals surface area contributed by atoms with Gasteiger partial charge < -0.3 is 19.7 Å². The highest BCUT2D eigenvalue weighted by Gasteiger charge is 2.21. The van der Waals surface area contributed by atoms with Crippen molar-refractivity contribution >= 4 is 18.0 Å². The zero-order valence-corrected chi connectivity index (χ0v) is 16.2. The van der Waals surface area contributed by atoms with Crippen LogP contribution in [0, 0.1) is 0 Å². The molecule has 1 N–H and O–H groups in total. The first-order valence-electron chi connectivity index (χ1n) is 9.21. The van der Waals surface area contributed by atoms with Crippen molar-refractivity contribution in [1.29, 1.82) is 0 Å². The van der Waals surface area contributed by atoms with Crippen LogP contribution in [-0.2, 0) is 32.0 Å². The zero-order chi connectivity index (χ0) is 19.9. The average molecular weight is 376 g/mol. The summed E-state index contributed by atoms with van der Waals surface area (Å²) < 4.78 is 10.2. The Kier molecular flexibility index (Phi) is 7.21. The number of carbonyl (C=O) groups is 3. The molecule has 148 valence electrons. The van der Waals surface area contributed by atoms with Crippen LogP contribution in [0.15, 0.2) is 24.3 Å². The number of hydrogen-bond donors (Lipinski definition) is 1. The van der Waals surface area contributed by atoms with Gasteiger partial charge >= 0.3 is 12.1 Å². The molecule has 0 atom stereocenters. The second-order valence-corrected chi connectivity index (χ2v) is 7.53. The monoisotopic (exact) mass is 376 g/mol. The number of alkyl carbamates (subject to hydrolysis) is 1. The molecule has 0 unspecified atom stereocenters. The highest BCUT2D eigenvalue weighted by atomic mass is 16.6. The predicted molar refractivity (Wildman–Crippen MR) is 100.0 cm³/mol. The second kappa shape index (κ2) is 9.39. The SMILES string of the molecule is CC(C)(C)OC(=O)NCCCC(=O)OCC(=O)N1CCc2ccccc2C1. The van der Waals surface area contributed by atoms with Crippen LogP contribution in [0.5, 0.6) is 0 Å². The number of nitrogens with one attached hydrogen (secondary N) is 1. The molecule has 0 spiro atoms. The fourth-order valence-electron chi connectivity index (χ4n) is 2.75. The molecule has 0 bridgehead atoms. The maximum Gasteiger partial charge on any atom is 0.407 e. The van der Waals surface area contributed by atoms with E-state index >= 15 is 0 Å². The van der Waals surface area contributed by atoms with E-state index in [1.165, 1.54) is 5.56 Å². The highest BCUT2D eigenvalue weighted by Crippen LogP contribution is 2.18. The first kappa shape index (κ1) is 20.7. The number of nitrogens with zero attached hydrogens (tertiary/aromatic N) is 1. The summed E-state index contributed by atoms with van der Waals surface area (Å²) in [7, 11) is 0. The van der Waals surface area contributed by atoms with Crippen LogP contribution >= 0.6 is 0 Å². The summed E-state index contributed by atoms with van der Waals surface area (Å²) in [5.41, 5.74) is 1.84. The fraction of sp³-hybridized carbons (Fsp3) is 0.550. The van der Waals surface area contributed by atoms with E-state index in [2.05, 4.69) is 11.4 Å². The molecule has 0 saturated carbocycles. The van der Waals surface area contributed by atoms with Crippen molar-refractivity contribution in [2.75, 3.05) is 19.7 Å². The number of esters is 1. The lowest BCUT2D eigenvalue weighted by molar-refractivity contribution is -0.152. The number of fused-ring (bicyclic) bond motifs is 1. The maximum atomic E-state index is 12.2. The summed E-state index contributed by atoms with van der Waals surface area (Å²) in [6.07, 6.45) is 0.845. The van der Waals surface area contributed by atoms with Gasteiger partial charge in [-0.3, -0.25) is 9.59 Å². The van der Waals surface area contributed by atoms with E-state index in [4.69, 9.17) is 9.47 Å². The Hall–Kier alpha value is -2.57. The molecule has 1 aliphatic heterocycles. The summed E-state index contributed by atoms with van der Waals surface area (Å²) >= 11 is 0. The van der Waals surface area contributed by atoms with E-state index in [-0.39, 0.29) is 18.9 Å². The summed E-state index contributed by atoms with van der Waals surface area (Å²) in [4.78, 5) is 37.2. The van der Waals surface area contributed by atoms with Gasteiger partial charge in [-0.1, -0.05) is 24.3 Å². The Bertz CT molecular complexity index is 681. The Balaban J connectivity index is 1.62. The minimum Gasteiger partial charge on any atom is -0.456 e. The third kappa shape index (κ3) is 7.29. The molecule has 0 saturated heterocycles. The van der Waals surface area contributed by atoms with E-state index in [1.54, 1.807) is 25.7 Å². The van der Waals surface area contributed by atoms with Crippen molar-refractivity contribution in [1.82, 2.24) is 10.2 Å². The molecule has 7 heteroatoms. The van der Waals surface area contributed by atoms with Crippen LogP contribution < -0.4 is 5.32 Å². The van der Waals surface area contributed by atoms with Crippen molar-refractivity contribution in [2.45, 2.75) is 52.2 Å². The van der Waals surface area contributed by atoms with Gasteiger partial charge in [0.15, 0.2) is 6.61 Å². The normalized spacial score (nSPS) is 13.5. The van der Waals surface area contributed by atoms with E-state index in [9.17, 15) is 14.4 Å².